The Balaban J connectivity index is 4.10. The number of ketones is 1. The lowest BCUT2D eigenvalue weighted by molar-refractivity contribution is -0.112. The van der Waals surface area contributed by atoms with Crippen LogP contribution in [0.4, 0.5) is 0 Å². The van der Waals surface area contributed by atoms with Crippen LogP contribution >= 0.6 is 0 Å². The summed E-state index contributed by atoms with van der Waals surface area (Å²) in [7, 11) is -1.62. The molecule has 0 aromatic carbocycles. The van der Waals surface area contributed by atoms with Gasteiger partial charge in [-0.3, -0.25) is 4.79 Å². The Hall–Kier alpha value is -0.643. The number of oxime groups is 1. The fourth-order valence-electron chi connectivity index (χ4n) is 0.512. The predicted octanol–water partition coefficient (Wildman–Crippen LogP) is 2.19. The van der Waals surface area contributed by atoms with E-state index in [2.05, 4.69) is 5.16 Å². The number of carbonyl (C=O) groups excluding carboxylic acids is 1. The highest BCUT2D eigenvalue weighted by molar-refractivity contribution is 6.69. The lowest BCUT2D eigenvalue weighted by Gasteiger charge is -2.13. The van der Waals surface area contributed by atoms with E-state index in [1.165, 1.54) is 0 Å². The van der Waals surface area contributed by atoms with Gasteiger partial charge in [0.05, 0.1) is 0 Å². The van der Waals surface area contributed by atoms with Gasteiger partial charge in [0.2, 0.25) is 0 Å². The van der Waals surface area contributed by atoms with Crippen LogP contribution in [0.25, 0.3) is 0 Å². The SMILES string of the molecule is CCC(=O)C(C)=NO[Si](C)(C)C. The number of hydrogen-bond acceptors (Lipinski definition) is 3. The highest BCUT2D eigenvalue weighted by atomic mass is 28.4. The van der Waals surface area contributed by atoms with Gasteiger partial charge in [-0.1, -0.05) is 6.92 Å². The molecule has 0 aromatic heterocycles. The minimum absolute atomic E-state index is 0.0493. The van der Waals surface area contributed by atoms with Crippen molar-refractivity contribution in [2.24, 2.45) is 5.16 Å². The fourth-order valence-corrected chi connectivity index (χ4v) is 0.923. The van der Waals surface area contributed by atoms with E-state index < -0.39 is 8.32 Å². The molecule has 0 atom stereocenters. The largest absolute Gasteiger partial charge is 0.455 e. The molecule has 4 heteroatoms. The van der Waals surface area contributed by atoms with E-state index in [0.29, 0.717) is 12.1 Å². The second-order valence-corrected chi connectivity index (χ2v) is 8.06. The second-order valence-electron chi connectivity index (χ2n) is 3.66. The molecule has 12 heavy (non-hydrogen) atoms. The first kappa shape index (κ1) is 11.4. The summed E-state index contributed by atoms with van der Waals surface area (Å²) in [5, 5.41) is 3.80. The topological polar surface area (TPSA) is 38.7 Å². The first-order valence-corrected chi connectivity index (χ1v) is 7.53. The summed E-state index contributed by atoms with van der Waals surface area (Å²) in [5.74, 6) is 0.0493. The van der Waals surface area contributed by atoms with Gasteiger partial charge < -0.3 is 4.53 Å². The molecule has 0 amide bonds. The molecule has 0 unspecified atom stereocenters. The number of carbonyl (C=O) groups is 1. The molecule has 0 bridgehead atoms. The maximum Gasteiger partial charge on any atom is 0.278 e. The van der Waals surface area contributed by atoms with Crippen molar-refractivity contribution in [3.05, 3.63) is 0 Å². The normalized spacial score (nSPS) is 12.9. The minimum atomic E-state index is -1.62. The van der Waals surface area contributed by atoms with Crippen LogP contribution in [0.3, 0.4) is 0 Å². The summed E-state index contributed by atoms with van der Waals surface area (Å²) in [6.45, 7) is 9.59. The van der Waals surface area contributed by atoms with Crippen LogP contribution in [0.5, 0.6) is 0 Å². The van der Waals surface area contributed by atoms with Crippen LogP contribution in [0, 0.1) is 0 Å². The van der Waals surface area contributed by atoms with Gasteiger partial charge in [0.25, 0.3) is 8.32 Å². The molecule has 0 radical (unpaired) electrons. The second kappa shape index (κ2) is 4.40. The first-order chi connectivity index (χ1) is 5.37. The van der Waals surface area contributed by atoms with Crippen molar-refractivity contribution in [3.8, 4) is 0 Å². The van der Waals surface area contributed by atoms with Crippen LogP contribution in [0.2, 0.25) is 19.6 Å². The maximum atomic E-state index is 11.0. The van der Waals surface area contributed by atoms with Crippen LogP contribution in [0.1, 0.15) is 20.3 Å². The lowest BCUT2D eigenvalue weighted by atomic mass is 10.2. The van der Waals surface area contributed by atoms with Gasteiger partial charge in [-0.05, 0) is 26.6 Å². The molecular weight excluding hydrogens is 170 g/mol. The molecule has 0 spiro atoms. The van der Waals surface area contributed by atoms with Crippen molar-refractivity contribution in [3.63, 3.8) is 0 Å². The zero-order chi connectivity index (χ0) is 9.78. The molecular formula is C8H17NO2Si. The summed E-state index contributed by atoms with van der Waals surface area (Å²) in [4.78, 5) is 11.0. The van der Waals surface area contributed by atoms with Gasteiger partial charge >= 0.3 is 0 Å². The summed E-state index contributed by atoms with van der Waals surface area (Å²) >= 11 is 0. The molecule has 0 fully saturated rings. The fraction of sp³-hybridized carbons (Fsp3) is 0.750. The van der Waals surface area contributed by atoms with Crippen molar-refractivity contribution in [2.45, 2.75) is 39.9 Å². The zero-order valence-corrected chi connectivity index (χ0v) is 9.47. The summed E-state index contributed by atoms with van der Waals surface area (Å²) in [5.41, 5.74) is 0.472. The average molecular weight is 187 g/mol. The molecule has 0 saturated heterocycles. The molecule has 0 rings (SSSR count). The number of hydrogen-bond donors (Lipinski definition) is 0. The molecule has 0 N–H and O–H groups in total. The molecule has 70 valence electrons. The zero-order valence-electron chi connectivity index (χ0n) is 8.47. The molecule has 3 nitrogen and oxygen atoms in total. The van der Waals surface area contributed by atoms with E-state index in [-0.39, 0.29) is 5.78 Å². The Labute approximate surface area is 74.9 Å². The van der Waals surface area contributed by atoms with Gasteiger partial charge in [-0.15, -0.1) is 5.16 Å². The lowest BCUT2D eigenvalue weighted by Crippen LogP contribution is -2.23. The van der Waals surface area contributed by atoms with E-state index in [9.17, 15) is 4.79 Å². The molecule has 0 saturated carbocycles. The minimum Gasteiger partial charge on any atom is -0.455 e. The summed E-state index contributed by atoms with van der Waals surface area (Å²) in [6.07, 6.45) is 0.490. The number of rotatable bonds is 4. The van der Waals surface area contributed by atoms with Crippen LogP contribution in [0.15, 0.2) is 5.16 Å². The van der Waals surface area contributed by atoms with Crippen LogP contribution < -0.4 is 0 Å². The summed E-state index contributed by atoms with van der Waals surface area (Å²) < 4.78 is 5.22. The predicted molar refractivity (Wildman–Crippen MR) is 52.8 cm³/mol. The van der Waals surface area contributed by atoms with E-state index in [4.69, 9.17) is 4.53 Å². The highest BCUT2D eigenvalue weighted by Crippen LogP contribution is 2.03. The van der Waals surface area contributed by atoms with E-state index in [1.54, 1.807) is 6.92 Å². The van der Waals surface area contributed by atoms with Gasteiger partial charge in [0, 0.05) is 6.42 Å². The van der Waals surface area contributed by atoms with Crippen molar-refractivity contribution in [2.75, 3.05) is 0 Å². The van der Waals surface area contributed by atoms with Gasteiger partial charge in [0.15, 0.2) is 5.78 Å². The Kier molecular flexibility index (Phi) is 4.16. The third-order valence-corrected chi connectivity index (χ3v) is 1.82. The number of Topliss-reactive ketones (excluding diaryl/α,β-unsaturated/α-hetero) is 1. The van der Waals surface area contributed by atoms with E-state index in [1.807, 2.05) is 26.6 Å². The van der Waals surface area contributed by atoms with Crippen molar-refractivity contribution in [1.82, 2.24) is 0 Å². The van der Waals surface area contributed by atoms with Gasteiger partial charge in [-0.25, -0.2) is 0 Å². The Morgan fingerprint density at radius 1 is 1.42 bits per heavy atom. The van der Waals surface area contributed by atoms with Gasteiger partial charge in [0.1, 0.15) is 5.71 Å². The standard InChI is InChI=1S/C8H17NO2Si/c1-6-8(10)7(2)9-11-12(3,4)5/h6H2,1-5H3. The van der Waals surface area contributed by atoms with Crippen LogP contribution in [-0.2, 0) is 9.32 Å². The number of nitrogens with zero attached hydrogens (tertiary/aromatic N) is 1. The monoisotopic (exact) mass is 187 g/mol. The Morgan fingerprint density at radius 3 is 2.25 bits per heavy atom. The third-order valence-electron chi connectivity index (χ3n) is 1.18. The van der Waals surface area contributed by atoms with Crippen molar-refractivity contribution < 1.29 is 9.32 Å². The van der Waals surface area contributed by atoms with Crippen molar-refractivity contribution >= 4 is 19.8 Å². The Morgan fingerprint density at radius 2 is 1.92 bits per heavy atom. The maximum absolute atomic E-state index is 11.0. The smallest absolute Gasteiger partial charge is 0.278 e. The molecule has 0 aliphatic carbocycles. The quantitative estimate of drug-likeness (QED) is 0.384. The highest BCUT2D eigenvalue weighted by Gasteiger charge is 2.16. The summed E-state index contributed by atoms with van der Waals surface area (Å²) in [6, 6.07) is 0. The molecule has 0 heterocycles. The third kappa shape index (κ3) is 5.07. The van der Waals surface area contributed by atoms with E-state index >= 15 is 0 Å². The van der Waals surface area contributed by atoms with Crippen LogP contribution in [-0.4, -0.2) is 19.8 Å². The molecule has 0 aromatic rings. The van der Waals surface area contributed by atoms with Gasteiger partial charge in [-0.2, -0.15) is 0 Å². The molecule has 0 aliphatic heterocycles. The first-order valence-electron chi connectivity index (χ1n) is 4.13. The Bertz CT molecular complexity index is 194. The molecule has 0 aliphatic rings. The van der Waals surface area contributed by atoms with Crippen molar-refractivity contribution in [1.29, 1.82) is 0 Å². The average Bonchev–Trinajstić information content (AvgIpc) is 1.97. The van der Waals surface area contributed by atoms with E-state index in [0.717, 1.165) is 0 Å².